The molecule has 46 heavy (non-hydrogen) atoms. The Kier molecular flexibility index (Phi) is 15.6. The van der Waals surface area contributed by atoms with Crippen LogP contribution < -0.4 is 27.2 Å². The highest BCUT2D eigenvalue weighted by Gasteiger charge is 2.31. The number of H-pyrrole nitrogens is 1. The average molecular weight is 633 g/mol. The Morgan fingerprint density at radius 2 is 1.59 bits per heavy atom. The van der Waals surface area contributed by atoms with Crippen LogP contribution in [-0.4, -0.2) is 59.6 Å². The van der Waals surface area contributed by atoms with E-state index >= 15 is 0 Å². The summed E-state index contributed by atoms with van der Waals surface area (Å²) in [5.74, 6) is -1.02. The van der Waals surface area contributed by atoms with Crippen molar-refractivity contribution in [3.8, 4) is 0 Å². The summed E-state index contributed by atoms with van der Waals surface area (Å²) in [5.41, 5.74) is 14.7. The lowest BCUT2D eigenvalue weighted by Crippen LogP contribution is -2.59. The van der Waals surface area contributed by atoms with Crippen molar-refractivity contribution in [1.29, 1.82) is 0 Å². The monoisotopic (exact) mass is 632 g/mol. The van der Waals surface area contributed by atoms with E-state index in [1.54, 1.807) is 0 Å². The molecule has 3 aromatic rings. The van der Waals surface area contributed by atoms with Crippen molar-refractivity contribution in [3.05, 3.63) is 71.9 Å². The number of carbonyl (C=O) groups is 4. The van der Waals surface area contributed by atoms with Gasteiger partial charge in [0.25, 0.3) is 0 Å². The normalized spacial score (nSPS) is 14.0. The third-order valence-corrected chi connectivity index (χ3v) is 8.25. The van der Waals surface area contributed by atoms with E-state index in [4.69, 9.17) is 5.73 Å². The molecule has 1 heterocycles. The SMILES string of the molecule is CCCCCC(=O)[C@H](Cc1ccccc1)NC(=O)[C@@H](NC(=O)[C@H](CCCCN)NN[C@H](C=O)Cc1c[nH]c2ccccc12)C(C)C. The van der Waals surface area contributed by atoms with E-state index in [2.05, 4.69) is 33.4 Å². The predicted molar refractivity (Wildman–Crippen MR) is 183 cm³/mol. The molecule has 10 nitrogen and oxygen atoms in total. The molecule has 10 heteroatoms. The maximum Gasteiger partial charge on any atom is 0.243 e. The van der Waals surface area contributed by atoms with E-state index in [0.29, 0.717) is 38.6 Å². The molecule has 7 N–H and O–H groups in total. The van der Waals surface area contributed by atoms with Gasteiger partial charge in [0.15, 0.2) is 5.78 Å². The van der Waals surface area contributed by atoms with E-state index in [1.807, 2.05) is 74.6 Å². The Morgan fingerprint density at radius 1 is 0.848 bits per heavy atom. The second-order valence-corrected chi connectivity index (χ2v) is 12.3. The van der Waals surface area contributed by atoms with Gasteiger partial charge in [-0.25, -0.2) is 10.9 Å². The number of unbranched alkanes of at least 4 members (excludes halogenated alkanes) is 3. The van der Waals surface area contributed by atoms with Crippen molar-refractivity contribution in [1.82, 2.24) is 26.5 Å². The number of nitrogens with two attached hydrogens (primary N) is 1. The third-order valence-electron chi connectivity index (χ3n) is 8.25. The van der Waals surface area contributed by atoms with Crippen LogP contribution in [0.1, 0.15) is 76.8 Å². The first kappa shape index (κ1) is 36.6. The van der Waals surface area contributed by atoms with Crippen LogP contribution in [0.2, 0.25) is 0 Å². The molecule has 3 rings (SSSR count). The van der Waals surface area contributed by atoms with Gasteiger partial charge in [-0.05, 0) is 61.8 Å². The number of ketones is 1. The zero-order valence-electron chi connectivity index (χ0n) is 27.5. The van der Waals surface area contributed by atoms with Gasteiger partial charge in [0.1, 0.15) is 12.3 Å². The van der Waals surface area contributed by atoms with Crippen LogP contribution >= 0.6 is 0 Å². The Morgan fingerprint density at radius 3 is 2.28 bits per heavy atom. The summed E-state index contributed by atoms with van der Waals surface area (Å²) in [5, 5.41) is 6.93. The zero-order valence-corrected chi connectivity index (χ0v) is 27.5. The van der Waals surface area contributed by atoms with Gasteiger partial charge >= 0.3 is 0 Å². The zero-order chi connectivity index (χ0) is 33.3. The second-order valence-electron chi connectivity index (χ2n) is 12.3. The van der Waals surface area contributed by atoms with Crippen molar-refractivity contribution >= 4 is 34.8 Å². The van der Waals surface area contributed by atoms with Crippen LogP contribution in [-0.2, 0) is 32.0 Å². The number of fused-ring (bicyclic) bond motifs is 1. The molecule has 2 aromatic carbocycles. The molecule has 0 saturated heterocycles. The molecule has 0 bridgehead atoms. The largest absolute Gasteiger partial charge is 0.361 e. The van der Waals surface area contributed by atoms with Crippen molar-refractivity contribution in [2.45, 2.75) is 103 Å². The molecular formula is C36H52N6O4. The molecule has 1 aromatic heterocycles. The van der Waals surface area contributed by atoms with Crippen LogP contribution in [0.4, 0.5) is 0 Å². The summed E-state index contributed by atoms with van der Waals surface area (Å²) < 4.78 is 0. The number of aldehydes is 1. The first-order valence-corrected chi connectivity index (χ1v) is 16.7. The molecule has 0 unspecified atom stereocenters. The minimum absolute atomic E-state index is 0.0138. The number of hydrogen-bond acceptors (Lipinski definition) is 7. The predicted octanol–water partition coefficient (Wildman–Crippen LogP) is 3.89. The molecule has 2 amide bonds. The van der Waals surface area contributed by atoms with Crippen molar-refractivity contribution in [3.63, 3.8) is 0 Å². The highest BCUT2D eigenvalue weighted by atomic mass is 16.2. The number of amides is 2. The van der Waals surface area contributed by atoms with Gasteiger partial charge in [-0.2, -0.15) is 0 Å². The number of Topliss-reactive ketones (excluding diaryl/α,β-unsaturated/α-hetero) is 1. The van der Waals surface area contributed by atoms with Crippen LogP contribution in [0.15, 0.2) is 60.8 Å². The highest BCUT2D eigenvalue weighted by Crippen LogP contribution is 2.19. The molecule has 0 aliphatic heterocycles. The number of aromatic nitrogens is 1. The highest BCUT2D eigenvalue weighted by molar-refractivity contribution is 5.94. The van der Waals surface area contributed by atoms with Crippen LogP contribution in [0.5, 0.6) is 0 Å². The summed E-state index contributed by atoms with van der Waals surface area (Å²) in [6.45, 7) is 6.29. The summed E-state index contributed by atoms with van der Waals surface area (Å²) in [4.78, 5) is 55.8. The first-order chi connectivity index (χ1) is 22.3. The fourth-order valence-corrected chi connectivity index (χ4v) is 5.51. The topological polar surface area (TPSA) is 158 Å². The van der Waals surface area contributed by atoms with E-state index in [9.17, 15) is 19.2 Å². The van der Waals surface area contributed by atoms with E-state index in [-0.39, 0.29) is 17.6 Å². The summed E-state index contributed by atoms with van der Waals surface area (Å²) >= 11 is 0. The van der Waals surface area contributed by atoms with Gasteiger partial charge in [-0.1, -0.05) is 88.6 Å². The Bertz CT molecular complexity index is 1380. The molecule has 4 atom stereocenters. The van der Waals surface area contributed by atoms with Gasteiger partial charge in [-0.3, -0.25) is 14.4 Å². The first-order valence-electron chi connectivity index (χ1n) is 16.7. The standard InChI is InChI=1S/C36H52N6O4/c1-4-5-7-19-33(44)32(21-26-14-8-6-9-15-26)39-36(46)34(25(2)3)40-35(45)31(18-12-13-20-37)42-41-28(24-43)22-27-23-38-30-17-11-10-16-29(27)30/h6,8-11,14-17,23-25,28,31-32,34,38,41-42H,4-5,7,12-13,18-22,37H2,1-3H3,(H,39,46)(H,40,45)/t28-,31-,32-,34-/m0/s1. The quantitative estimate of drug-likeness (QED) is 0.0557. The van der Waals surface area contributed by atoms with Gasteiger partial charge in [0, 0.05) is 23.5 Å². The molecular weight excluding hydrogens is 580 g/mol. The van der Waals surface area contributed by atoms with Crippen molar-refractivity contribution < 1.29 is 19.2 Å². The Balaban J connectivity index is 1.69. The summed E-state index contributed by atoms with van der Waals surface area (Å²) in [6.07, 6.45) is 8.47. The van der Waals surface area contributed by atoms with E-state index in [0.717, 1.165) is 54.0 Å². The number of hydrogen-bond donors (Lipinski definition) is 6. The summed E-state index contributed by atoms with van der Waals surface area (Å²) in [6, 6.07) is 14.6. The minimum Gasteiger partial charge on any atom is -0.361 e. The molecule has 0 aliphatic carbocycles. The van der Waals surface area contributed by atoms with E-state index < -0.39 is 30.1 Å². The van der Waals surface area contributed by atoms with Crippen LogP contribution in [0, 0.1) is 5.92 Å². The van der Waals surface area contributed by atoms with Crippen molar-refractivity contribution in [2.75, 3.05) is 6.54 Å². The van der Waals surface area contributed by atoms with Gasteiger partial charge in [0.05, 0.1) is 18.1 Å². The number of benzene rings is 2. The maximum absolute atomic E-state index is 13.7. The minimum atomic E-state index is -0.860. The Hall–Kier alpha value is -3.86. The molecule has 0 saturated carbocycles. The number of nitrogens with one attached hydrogen (secondary N) is 5. The average Bonchev–Trinajstić information content (AvgIpc) is 3.47. The lowest BCUT2D eigenvalue weighted by atomic mass is 9.96. The number of para-hydroxylation sites is 1. The van der Waals surface area contributed by atoms with Crippen LogP contribution in [0.3, 0.4) is 0 Å². The smallest absolute Gasteiger partial charge is 0.243 e. The number of rotatable bonds is 22. The fourth-order valence-electron chi connectivity index (χ4n) is 5.51. The lowest BCUT2D eigenvalue weighted by molar-refractivity contribution is -0.133. The fraction of sp³-hybridized carbons (Fsp3) is 0.500. The molecule has 0 aliphatic rings. The maximum atomic E-state index is 13.7. The van der Waals surface area contributed by atoms with Gasteiger partial charge in [-0.15, -0.1) is 0 Å². The number of carbonyl (C=O) groups excluding carboxylic acids is 4. The summed E-state index contributed by atoms with van der Waals surface area (Å²) in [7, 11) is 0. The molecule has 0 spiro atoms. The lowest BCUT2D eigenvalue weighted by Gasteiger charge is -2.28. The number of aromatic amines is 1. The molecule has 0 radical (unpaired) electrons. The Labute approximate surface area is 273 Å². The third kappa shape index (κ3) is 11.5. The molecule has 250 valence electrons. The van der Waals surface area contributed by atoms with E-state index in [1.165, 1.54) is 0 Å². The van der Waals surface area contributed by atoms with Gasteiger partial charge < -0.3 is 26.1 Å². The van der Waals surface area contributed by atoms with Crippen LogP contribution in [0.25, 0.3) is 10.9 Å². The molecule has 0 fully saturated rings. The van der Waals surface area contributed by atoms with Gasteiger partial charge in [0.2, 0.25) is 11.8 Å². The number of hydrazine groups is 1. The second kappa shape index (κ2) is 19.6. The van der Waals surface area contributed by atoms with Crippen molar-refractivity contribution in [2.24, 2.45) is 11.7 Å².